The molecule has 2 rings (SSSR count). The molecule has 6 nitrogen and oxygen atoms in total. The number of unbranched alkanes of at least 4 members (excludes halogenated alkanes) is 2. The van der Waals surface area contributed by atoms with Crippen LogP contribution in [0.15, 0.2) is 54.6 Å². The van der Waals surface area contributed by atoms with Gasteiger partial charge in [0.1, 0.15) is 5.75 Å². The lowest BCUT2D eigenvalue weighted by molar-refractivity contribution is -0.124. The van der Waals surface area contributed by atoms with Crippen molar-refractivity contribution in [3.8, 4) is 16.9 Å². The second-order valence-corrected chi connectivity index (χ2v) is 6.59. The first-order valence-electron chi connectivity index (χ1n) is 9.25. The van der Waals surface area contributed by atoms with Gasteiger partial charge in [0.05, 0.1) is 0 Å². The van der Waals surface area contributed by atoms with Crippen molar-refractivity contribution in [3.05, 3.63) is 54.6 Å². The standard InChI is InChI=1S/C21H25N3O3S/c1-2-3-5-10-19(25)22-21(28)24-23-20(26)15-27-18-13-11-17(12-14-18)16-8-6-4-7-9-16/h4,6-9,11-14H,2-3,5,10,15H2,1H3,(H,23,26)(H2,22,24,25,28). The molecule has 0 aromatic heterocycles. The third kappa shape index (κ3) is 7.75. The van der Waals surface area contributed by atoms with Gasteiger partial charge in [-0.1, -0.05) is 62.2 Å². The van der Waals surface area contributed by atoms with E-state index in [1.807, 2.05) is 54.6 Å². The number of hydrazine groups is 1. The van der Waals surface area contributed by atoms with Gasteiger partial charge in [0.15, 0.2) is 11.7 Å². The van der Waals surface area contributed by atoms with Crippen LogP contribution in [-0.4, -0.2) is 23.5 Å². The first-order chi connectivity index (χ1) is 13.6. The van der Waals surface area contributed by atoms with E-state index in [1.54, 1.807) is 0 Å². The van der Waals surface area contributed by atoms with Crippen LogP contribution in [0.2, 0.25) is 0 Å². The molecular weight excluding hydrogens is 374 g/mol. The van der Waals surface area contributed by atoms with Crippen LogP contribution in [0.3, 0.4) is 0 Å². The fraction of sp³-hybridized carbons (Fsp3) is 0.286. The number of hydrogen-bond acceptors (Lipinski definition) is 4. The van der Waals surface area contributed by atoms with Crippen molar-refractivity contribution in [2.45, 2.75) is 32.6 Å². The monoisotopic (exact) mass is 399 g/mol. The highest BCUT2D eigenvalue weighted by molar-refractivity contribution is 7.80. The van der Waals surface area contributed by atoms with Gasteiger partial charge in [0, 0.05) is 6.42 Å². The maximum absolute atomic E-state index is 11.8. The summed E-state index contributed by atoms with van der Waals surface area (Å²) < 4.78 is 5.45. The minimum Gasteiger partial charge on any atom is -0.484 e. The van der Waals surface area contributed by atoms with Gasteiger partial charge in [-0.2, -0.15) is 0 Å². The zero-order valence-corrected chi connectivity index (χ0v) is 16.7. The average Bonchev–Trinajstić information content (AvgIpc) is 2.72. The molecule has 0 atom stereocenters. The van der Waals surface area contributed by atoms with E-state index in [4.69, 9.17) is 17.0 Å². The molecule has 0 saturated carbocycles. The Kier molecular flexibility index (Phi) is 8.94. The first kappa shape index (κ1) is 21.4. The van der Waals surface area contributed by atoms with E-state index < -0.39 is 5.91 Å². The fourth-order valence-corrected chi connectivity index (χ4v) is 2.61. The Balaban J connectivity index is 1.68. The normalized spacial score (nSPS) is 10.0. The molecule has 2 aromatic carbocycles. The van der Waals surface area contributed by atoms with Crippen LogP contribution >= 0.6 is 12.2 Å². The molecule has 0 bridgehead atoms. The molecule has 0 aliphatic carbocycles. The van der Waals surface area contributed by atoms with Crippen LogP contribution in [0.1, 0.15) is 32.6 Å². The van der Waals surface area contributed by atoms with Gasteiger partial charge < -0.3 is 10.1 Å². The van der Waals surface area contributed by atoms with Crippen LogP contribution in [0.4, 0.5) is 0 Å². The zero-order chi connectivity index (χ0) is 20.2. The van der Waals surface area contributed by atoms with Gasteiger partial charge in [-0.3, -0.25) is 20.4 Å². The van der Waals surface area contributed by atoms with Crippen molar-refractivity contribution in [2.75, 3.05) is 6.61 Å². The van der Waals surface area contributed by atoms with Gasteiger partial charge >= 0.3 is 0 Å². The molecule has 0 radical (unpaired) electrons. The predicted octanol–water partition coefficient (Wildman–Crippen LogP) is 3.33. The average molecular weight is 400 g/mol. The van der Waals surface area contributed by atoms with Gasteiger partial charge in [0.2, 0.25) is 5.91 Å². The summed E-state index contributed by atoms with van der Waals surface area (Å²) in [6.07, 6.45) is 3.26. The molecule has 28 heavy (non-hydrogen) atoms. The molecule has 0 spiro atoms. The molecule has 2 aromatic rings. The summed E-state index contributed by atoms with van der Waals surface area (Å²) in [5.74, 6) is 0.00584. The van der Waals surface area contributed by atoms with Crippen LogP contribution in [0.25, 0.3) is 11.1 Å². The molecule has 0 fully saturated rings. The number of nitrogens with one attached hydrogen (secondary N) is 3. The van der Waals surface area contributed by atoms with Crippen LogP contribution in [0, 0.1) is 0 Å². The zero-order valence-electron chi connectivity index (χ0n) is 15.9. The van der Waals surface area contributed by atoms with E-state index in [-0.39, 0.29) is 17.6 Å². The summed E-state index contributed by atoms with van der Waals surface area (Å²) in [5, 5.41) is 2.57. The Morgan fingerprint density at radius 3 is 2.25 bits per heavy atom. The van der Waals surface area contributed by atoms with Crippen LogP contribution in [0.5, 0.6) is 5.75 Å². The number of rotatable bonds is 8. The van der Waals surface area contributed by atoms with E-state index >= 15 is 0 Å². The Bertz CT molecular complexity index is 779. The molecule has 0 aliphatic heterocycles. The Morgan fingerprint density at radius 2 is 1.57 bits per heavy atom. The molecule has 0 aliphatic rings. The van der Waals surface area contributed by atoms with Crippen LogP contribution in [-0.2, 0) is 9.59 Å². The second kappa shape index (κ2) is 11.7. The molecule has 0 heterocycles. The number of thiocarbonyl (C=S) groups is 1. The van der Waals surface area contributed by atoms with E-state index in [2.05, 4.69) is 23.1 Å². The van der Waals surface area contributed by atoms with Crippen molar-refractivity contribution in [3.63, 3.8) is 0 Å². The summed E-state index contributed by atoms with van der Waals surface area (Å²) in [6.45, 7) is 1.89. The van der Waals surface area contributed by atoms with Gasteiger partial charge in [-0.05, 0) is 41.9 Å². The Morgan fingerprint density at radius 1 is 0.893 bits per heavy atom. The maximum atomic E-state index is 11.8. The number of ether oxygens (including phenoxy) is 1. The van der Waals surface area contributed by atoms with E-state index in [0.29, 0.717) is 12.2 Å². The Labute approximate surface area is 170 Å². The number of carbonyl (C=O) groups excluding carboxylic acids is 2. The number of hydrogen-bond donors (Lipinski definition) is 3. The quantitative estimate of drug-likeness (QED) is 0.360. The lowest BCUT2D eigenvalue weighted by Crippen LogP contribution is -2.49. The lowest BCUT2D eigenvalue weighted by Gasteiger charge is -2.11. The first-order valence-corrected chi connectivity index (χ1v) is 9.66. The van der Waals surface area contributed by atoms with Crippen molar-refractivity contribution in [1.82, 2.24) is 16.2 Å². The van der Waals surface area contributed by atoms with Gasteiger partial charge in [-0.25, -0.2) is 0 Å². The van der Waals surface area contributed by atoms with Crippen molar-refractivity contribution in [2.24, 2.45) is 0 Å². The van der Waals surface area contributed by atoms with E-state index in [1.165, 1.54) is 0 Å². The summed E-state index contributed by atoms with van der Waals surface area (Å²) >= 11 is 4.97. The molecule has 2 amide bonds. The molecule has 0 saturated heterocycles. The maximum Gasteiger partial charge on any atom is 0.276 e. The van der Waals surface area contributed by atoms with Crippen molar-refractivity contribution >= 4 is 29.1 Å². The summed E-state index contributed by atoms with van der Waals surface area (Å²) in [5.41, 5.74) is 7.06. The third-order valence-corrected chi connectivity index (χ3v) is 4.11. The van der Waals surface area contributed by atoms with Crippen molar-refractivity contribution < 1.29 is 14.3 Å². The van der Waals surface area contributed by atoms with Crippen LogP contribution < -0.4 is 20.9 Å². The molecular formula is C21H25N3O3S. The highest BCUT2D eigenvalue weighted by Crippen LogP contribution is 2.21. The smallest absolute Gasteiger partial charge is 0.276 e. The highest BCUT2D eigenvalue weighted by atomic mass is 32.1. The predicted molar refractivity (Wildman–Crippen MR) is 114 cm³/mol. The molecule has 7 heteroatoms. The largest absolute Gasteiger partial charge is 0.484 e. The Hall–Kier alpha value is -2.93. The summed E-state index contributed by atoms with van der Waals surface area (Å²) in [4.78, 5) is 23.5. The number of amides is 2. The summed E-state index contributed by atoms with van der Waals surface area (Å²) in [7, 11) is 0. The third-order valence-electron chi connectivity index (χ3n) is 3.91. The van der Waals surface area contributed by atoms with E-state index in [0.717, 1.165) is 30.4 Å². The van der Waals surface area contributed by atoms with Crippen molar-refractivity contribution in [1.29, 1.82) is 0 Å². The SMILES string of the molecule is CCCCCC(=O)NC(=S)NNC(=O)COc1ccc(-c2ccccc2)cc1. The lowest BCUT2D eigenvalue weighted by atomic mass is 10.1. The minimum atomic E-state index is -0.408. The molecule has 0 unspecified atom stereocenters. The number of carbonyl (C=O) groups is 2. The molecule has 148 valence electrons. The van der Waals surface area contributed by atoms with Gasteiger partial charge in [0.25, 0.3) is 5.91 Å². The summed E-state index contributed by atoms with van der Waals surface area (Å²) in [6, 6.07) is 17.5. The fourth-order valence-electron chi connectivity index (χ4n) is 2.44. The van der Waals surface area contributed by atoms with Gasteiger partial charge in [-0.15, -0.1) is 0 Å². The molecule has 3 N–H and O–H groups in total. The minimum absolute atomic E-state index is 0.0575. The number of benzene rings is 2. The topological polar surface area (TPSA) is 79.5 Å². The van der Waals surface area contributed by atoms with E-state index in [9.17, 15) is 9.59 Å². The highest BCUT2D eigenvalue weighted by Gasteiger charge is 2.07. The second-order valence-electron chi connectivity index (χ2n) is 6.19.